The average molecular weight is 399 g/mol. The number of anilines is 1. The molecule has 148 valence electrons. The van der Waals surface area contributed by atoms with Gasteiger partial charge in [-0.2, -0.15) is 0 Å². The fourth-order valence-electron chi connectivity index (χ4n) is 4.06. The molecule has 6 nitrogen and oxygen atoms in total. The van der Waals surface area contributed by atoms with Crippen molar-refractivity contribution in [3.05, 3.63) is 47.0 Å². The second-order valence-corrected chi connectivity index (χ2v) is 9.91. The maximum absolute atomic E-state index is 12.4. The van der Waals surface area contributed by atoms with Gasteiger partial charge < -0.3 is 14.9 Å². The molecule has 2 heterocycles. The SMILES string of the molecule is Cn1cc(-c2cc(S(C)(=N)=O)ccc2NC2CCCCC2)c2cc[nH]c2c1=O. The van der Waals surface area contributed by atoms with Gasteiger partial charge in [-0.1, -0.05) is 19.3 Å². The summed E-state index contributed by atoms with van der Waals surface area (Å²) in [6.07, 6.45) is 11.0. The minimum Gasteiger partial charge on any atom is -0.382 e. The van der Waals surface area contributed by atoms with E-state index >= 15 is 0 Å². The Labute approximate surface area is 165 Å². The first-order chi connectivity index (χ1) is 13.3. The van der Waals surface area contributed by atoms with Gasteiger partial charge in [0, 0.05) is 58.8 Å². The number of hydrogen-bond acceptors (Lipinski definition) is 4. The van der Waals surface area contributed by atoms with E-state index in [-0.39, 0.29) is 5.56 Å². The molecule has 2 aromatic heterocycles. The zero-order valence-electron chi connectivity index (χ0n) is 16.2. The summed E-state index contributed by atoms with van der Waals surface area (Å²) in [5.41, 5.74) is 3.20. The molecule has 7 heteroatoms. The monoisotopic (exact) mass is 398 g/mol. The Balaban J connectivity index is 1.92. The fourth-order valence-corrected chi connectivity index (χ4v) is 4.74. The maximum atomic E-state index is 12.4. The molecule has 0 radical (unpaired) electrons. The molecule has 3 aromatic rings. The summed E-state index contributed by atoms with van der Waals surface area (Å²) in [6, 6.07) is 7.86. The Bertz CT molecular complexity index is 1180. The number of rotatable bonds is 4. The zero-order chi connectivity index (χ0) is 19.9. The first-order valence-corrected chi connectivity index (χ1v) is 11.6. The number of fused-ring (bicyclic) bond motifs is 1. The van der Waals surface area contributed by atoms with Gasteiger partial charge in [-0.25, -0.2) is 8.99 Å². The van der Waals surface area contributed by atoms with Crippen LogP contribution in [-0.2, 0) is 16.8 Å². The van der Waals surface area contributed by atoms with Crippen LogP contribution in [0.5, 0.6) is 0 Å². The molecule has 3 N–H and O–H groups in total. The number of aromatic nitrogens is 2. The van der Waals surface area contributed by atoms with Crippen LogP contribution in [0, 0.1) is 4.78 Å². The van der Waals surface area contributed by atoms with Gasteiger partial charge in [-0.3, -0.25) is 4.79 Å². The van der Waals surface area contributed by atoms with Crippen molar-refractivity contribution in [3.63, 3.8) is 0 Å². The molecule has 0 aliphatic heterocycles. The standard InChI is InChI=1S/C21H26N4O2S/c1-25-13-18(16-10-11-23-20(16)21(25)26)17-12-15(28(2,22)27)8-9-19(17)24-14-6-4-3-5-7-14/h8-14,22-24H,3-7H2,1-2H3. The highest BCUT2D eigenvalue weighted by Crippen LogP contribution is 2.36. The molecule has 1 unspecified atom stereocenters. The molecule has 1 fully saturated rings. The van der Waals surface area contributed by atoms with E-state index in [0.717, 1.165) is 35.0 Å². The van der Waals surface area contributed by atoms with E-state index in [0.29, 0.717) is 16.5 Å². The van der Waals surface area contributed by atoms with Crippen molar-refractivity contribution >= 4 is 26.3 Å². The number of nitrogens with one attached hydrogen (secondary N) is 3. The van der Waals surface area contributed by atoms with Crippen molar-refractivity contribution in [3.8, 4) is 11.1 Å². The Morgan fingerprint density at radius 2 is 1.93 bits per heavy atom. The van der Waals surface area contributed by atoms with Gasteiger partial charge in [0.25, 0.3) is 5.56 Å². The van der Waals surface area contributed by atoms with Gasteiger partial charge in [0.05, 0.1) is 9.73 Å². The molecule has 1 aliphatic carbocycles. The number of aromatic amines is 1. The molecule has 0 bridgehead atoms. The highest BCUT2D eigenvalue weighted by atomic mass is 32.2. The average Bonchev–Trinajstić information content (AvgIpc) is 3.15. The third kappa shape index (κ3) is 3.46. The maximum Gasteiger partial charge on any atom is 0.274 e. The summed E-state index contributed by atoms with van der Waals surface area (Å²) >= 11 is 0. The van der Waals surface area contributed by atoms with Crippen LogP contribution in [0.15, 0.2) is 46.3 Å². The molecule has 0 spiro atoms. The molecule has 4 rings (SSSR count). The molecule has 1 saturated carbocycles. The Kier molecular flexibility index (Phi) is 4.79. The lowest BCUT2D eigenvalue weighted by Crippen LogP contribution is -2.23. The molecule has 1 aliphatic rings. The molecule has 0 amide bonds. The molecular weight excluding hydrogens is 372 g/mol. The summed E-state index contributed by atoms with van der Waals surface area (Å²) in [5, 5.41) is 4.50. The molecular formula is C21H26N4O2S. The first-order valence-electron chi connectivity index (χ1n) is 9.66. The lowest BCUT2D eigenvalue weighted by molar-refractivity contribution is 0.463. The second kappa shape index (κ2) is 7.13. The van der Waals surface area contributed by atoms with Gasteiger partial charge in [-0.05, 0) is 37.1 Å². The van der Waals surface area contributed by atoms with Crippen LogP contribution in [0.4, 0.5) is 5.69 Å². The molecule has 28 heavy (non-hydrogen) atoms. The van der Waals surface area contributed by atoms with E-state index in [1.54, 1.807) is 23.9 Å². The number of benzene rings is 1. The summed E-state index contributed by atoms with van der Waals surface area (Å²) in [5.74, 6) is 0. The van der Waals surface area contributed by atoms with Crippen LogP contribution < -0.4 is 10.9 Å². The Morgan fingerprint density at radius 3 is 2.64 bits per heavy atom. The summed E-state index contributed by atoms with van der Waals surface area (Å²) < 4.78 is 22.0. The smallest absolute Gasteiger partial charge is 0.274 e. The van der Waals surface area contributed by atoms with Crippen molar-refractivity contribution in [2.45, 2.75) is 43.0 Å². The van der Waals surface area contributed by atoms with Crippen LogP contribution >= 0.6 is 0 Å². The van der Waals surface area contributed by atoms with E-state index in [9.17, 15) is 9.00 Å². The first kappa shape index (κ1) is 18.8. The third-order valence-electron chi connectivity index (χ3n) is 5.59. The molecule has 1 atom stereocenters. The topological polar surface area (TPSA) is 90.7 Å². The van der Waals surface area contributed by atoms with Gasteiger partial charge in [0.1, 0.15) is 5.52 Å². The minimum absolute atomic E-state index is 0.0820. The van der Waals surface area contributed by atoms with E-state index < -0.39 is 9.73 Å². The number of nitrogens with zero attached hydrogens (tertiary/aromatic N) is 1. The van der Waals surface area contributed by atoms with Crippen molar-refractivity contribution in [1.82, 2.24) is 9.55 Å². The van der Waals surface area contributed by atoms with Crippen molar-refractivity contribution in [1.29, 1.82) is 4.78 Å². The lowest BCUT2D eigenvalue weighted by Gasteiger charge is -2.26. The number of pyridine rings is 1. The summed E-state index contributed by atoms with van der Waals surface area (Å²) in [4.78, 5) is 16.0. The highest BCUT2D eigenvalue weighted by molar-refractivity contribution is 7.91. The fraction of sp³-hybridized carbons (Fsp3) is 0.381. The molecule has 0 saturated heterocycles. The van der Waals surface area contributed by atoms with E-state index in [4.69, 9.17) is 4.78 Å². The van der Waals surface area contributed by atoms with Gasteiger partial charge in [-0.15, -0.1) is 0 Å². The van der Waals surface area contributed by atoms with E-state index in [1.807, 2.05) is 24.4 Å². The van der Waals surface area contributed by atoms with Crippen LogP contribution in [0.2, 0.25) is 0 Å². The van der Waals surface area contributed by atoms with Gasteiger partial charge in [0.2, 0.25) is 0 Å². The highest BCUT2D eigenvalue weighted by Gasteiger charge is 2.19. The van der Waals surface area contributed by atoms with Crippen molar-refractivity contribution in [2.24, 2.45) is 7.05 Å². The van der Waals surface area contributed by atoms with Crippen LogP contribution in [0.3, 0.4) is 0 Å². The number of H-pyrrole nitrogens is 1. The number of hydrogen-bond donors (Lipinski definition) is 3. The second-order valence-electron chi connectivity index (χ2n) is 7.76. The Hall–Kier alpha value is -2.54. The predicted molar refractivity (Wildman–Crippen MR) is 115 cm³/mol. The normalized spacial score (nSPS) is 17.5. The van der Waals surface area contributed by atoms with Crippen LogP contribution in [-0.4, -0.2) is 26.1 Å². The summed E-state index contributed by atoms with van der Waals surface area (Å²) in [6.45, 7) is 0. The Morgan fingerprint density at radius 1 is 1.18 bits per heavy atom. The molecule has 1 aromatic carbocycles. The van der Waals surface area contributed by atoms with E-state index in [2.05, 4.69) is 10.3 Å². The largest absolute Gasteiger partial charge is 0.382 e. The van der Waals surface area contributed by atoms with Gasteiger partial charge >= 0.3 is 0 Å². The zero-order valence-corrected chi connectivity index (χ0v) is 17.1. The van der Waals surface area contributed by atoms with Crippen molar-refractivity contribution in [2.75, 3.05) is 11.6 Å². The summed E-state index contributed by atoms with van der Waals surface area (Å²) in [7, 11) is -1.11. The van der Waals surface area contributed by atoms with Crippen molar-refractivity contribution < 1.29 is 4.21 Å². The van der Waals surface area contributed by atoms with Crippen LogP contribution in [0.1, 0.15) is 32.1 Å². The minimum atomic E-state index is -2.85. The van der Waals surface area contributed by atoms with Crippen LogP contribution in [0.25, 0.3) is 22.0 Å². The third-order valence-corrected chi connectivity index (χ3v) is 6.74. The van der Waals surface area contributed by atoms with E-state index in [1.165, 1.54) is 25.5 Å². The quantitative estimate of drug-likeness (QED) is 0.611. The lowest BCUT2D eigenvalue weighted by atomic mass is 9.94. The predicted octanol–water partition coefficient (Wildman–Crippen LogP) is 4.31. The number of aryl methyl sites for hydroxylation is 1. The van der Waals surface area contributed by atoms with Gasteiger partial charge in [0.15, 0.2) is 0 Å².